The maximum absolute atomic E-state index is 12.1. The van der Waals surface area contributed by atoms with Crippen molar-refractivity contribution in [2.24, 2.45) is 0 Å². The number of carbonyl (C=O) groups is 1. The number of esters is 1. The van der Waals surface area contributed by atoms with Gasteiger partial charge in [0.25, 0.3) is 0 Å². The summed E-state index contributed by atoms with van der Waals surface area (Å²) in [6.07, 6.45) is 3.22. The van der Waals surface area contributed by atoms with Gasteiger partial charge in [0.1, 0.15) is 0 Å². The number of benzene rings is 1. The predicted octanol–water partition coefficient (Wildman–Crippen LogP) is 3.81. The highest BCUT2D eigenvalue weighted by Crippen LogP contribution is 2.31. The van der Waals surface area contributed by atoms with Crippen molar-refractivity contribution >= 4 is 41.6 Å². The fourth-order valence-electron chi connectivity index (χ4n) is 2.53. The molecule has 0 amide bonds. The Hall–Kier alpha value is -0.480. The summed E-state index contributed by atoms with van der Waals surface area (Å²) in [6.45, 7) is 0.930. The minimum absolute atomic E-state index is 0. The molecule has 6 heteroatoms. The van der Waals surface area contributed by atoms with E-state index in [4.69, 9.17) is 27.9 Å². The summed E-state index contributed by atoms with van der Waals surface area (Å²) in [6, 6.07) is 5.41. The molecule has 0 saturated carbocycles. The second-order valence-corrected chi connectivity index (χ2v) is 5.55. The van der Waals surface area contributed by atoms with Gasteiger partial charge in [-0.25, -0.2) is 0 Å². The molecule has 2 rings (SSSR count). The van der Waals surface area contributed by atoms with Crippen LogP contribution in [0.15, 0.2) is 18.2 Å². The van der Waals surface area contributed by atoms with E-state index in [-0.39, 0.29) is 30.3 Å². The summed E-state index contributed by atoms with van der Waals surface area (Å²) in [5.74, 6) is -0.571. The van der Waals surface area contributed by atoms with E-state index in [0.717, 1.165) is 31.4 Å². The van der Waals surface area contributed by atoms with E-state index in [1.165, 1.54) is 7.11 Å². The summed E-state index contributed by atoms with van der Waals surface area (Å²) in [5, 5.41) is 4.34. The van der Waals surface area contributed by atoms with E-state index in [2.05, 4.69) is 5.32 Å². The molecule has 1 N–H and O–H groups in total. The standard InChI is InChI=1S/C14H17Cl2NO2.ClH/c1-19-14(18)13(12-4-2-3-7-17-12)9-5-6-10(15)11(16)8-9;/h5-6,8,12-13,17H,2-4,7H2,1H3;1H/t12-,13+;/m0./s1. The average molecular weight is 339 g/mol. The van der Waals surface area contributed by atoms with Crippen LogP contribution in [-0.4, -0.2) is 25.7 Å². The topological polar surface area (TPSA) is 38.3 Å². The lowest BCUT2D eigenvalue weighted by atomic mass is 9.86. The first-order chi connectivity index (χ1) is 9.13. The monoisotopic (exact) mass is 337 g/mol. The molecule has 2 atom stereocenters. The Bertz CT molecular complexity index is 462. The van der Waals surface area contributed by atoms with E-state index in [0.29, 0.717) is 10.0 Å². The van der Waals surface area contributed by atoms with Gasteiger partial charge >= 0.3 is 5.97 Å². The molecule has 1 saturated heterocycles. The summed E-state index contributed by atoms with van der Waals surface area (Å²) < 4.78 is 4.94. The van der Waals surface area contributed by atoms with Crippen molar-refractivity contribution in [3.8, 4) is 0 Å². The van der Waals surface area contributed by atoms with Crippen molar-refractivity contribution < 1.29 is 9.53 Å². The van der Waals surface area contributed by atoms with Crippen LogP contribution >= 0.6 is 35.6 Å². The molecule has 3 nitrogen and oxygen atoms in total. The molecule has 112 valence electrons. The fourth-order valence-corrected chi connectivity index (χ4v) is 2.84. The second-order valence-electron chi connectivity index (χ2n) is 4.73. The van der Waals surface area contributed by atoms with E-state index in [1.54, 1.807) is 12.1 Å². The van der Waals surface area contributed by atoms with Crippen molar-refractivity contribution in [1.29, 1.82) is 0 Å². The molecule has 1 aliphatic rings. The largest absolute Gasteiger partial charge is 0.469 e. The average Bonchev–Trinajstić information content (AvgIpc) is 2.44. The number of rotatable bonds is 3. The van der Waals surface area contributed by atoms with Crippen molar-refractivity contribution in [3.63, 3.8) is 0 Å². The third-order valence-electron chi connectivity index (χ3n) is 3.51. The van der Waals surface area contributed by atoms with Crippen LogP contribution in [0.1, 0.15) is 30.7 Å². The Morgan fingerprint density at radius 2 is 2.10 bits per heavy atom. The van der Waals surface area contributed by atoms with Crippen LogP contribution in [0.2, 0.25) is 10.0 Å². The molecule has 1 aromatic carbocycles. The zero-order valence-corrected chi connectivity index (χ0v) is 13.5. The molecule has 20 heavy (non-hydrogen) atoms. The first-order valence-electron chi connectivity index (χ1n) is 6.39. The number of hydrogen-bond acceptors (Lipinski definition) is 3. The number of ether oxygens (including phenoxy) is 1. The van der Waals surface area contributed by atoms with Crippen molar-refractivity contribution in [2.45, 2.75) is 31.2 Å². The Morgan fingerprint density at radius 1 is 1.35 bits per heavy atom. The summed E-state index contributed by atoms with van der Waals surface area (Å²) in [5.41, 5.74) is 0.848. The highest BCUT2D eigenvalue weighted by atomic mass is 35.5. The summed E-state index contributed by atoms with van der Waals surface area (Å²) in [7, 11) is 1.41. The van der Waals surface area contributed by atoms with E-state index >= 15 is 0 Å². The minimum atomic E-state index is -0.333. The molecule has 0 aliphatic carbocycles. The molecular formula is C14H18Cl3NO2. The van der Waals surface area contributed by atoms with Gasteiger partial charge in [0, 0.05) is 6.04 Å². The van der Waals surface area contributed by atoms with Gasteiger partial charge in [0.05, 0.1) is 23.1 Å². The normalized spacial score (nSPS) is 19.9. The molecule has 0 bridgehead atoms. The van der Waals surface area contributed by atoms with Crippen molar-refractivity contribution in [3.05, 3.63) is 33.8 Å². The molecule has 0 spiro atoms. The fraction of sp³-hybridized carbons (Fsp3) is 0.500. The Kier molecular flexibility index (Phi) is 7.10. The zero-order chi connectivity index (χ0) is 13.8. The van der Waals surface area contributed by atoms with Crippen LogP contribution in [0, 0.1) is 0 Å². The Labute approximate surface area is 135 Å². The van der Waals surface area contributed by atoms with Gasteiger partial charge < -0.3 is 10.1 Å². The molecule has 1 fully saturated rings. The number of piperidine rings is 1. The predicted molar refractivity (Wildman–Crippen MR) is 84.1 cm³/mol. The van der Waals surface area contributed by atoms with Crippen LogP contribution < -0.4 is 5.32 Å². The van der Waals surface area contributed by atoms with Gasteiger partial charge in [0.15, 0.2) is 0 Å². The second kappa shape index (κ2) is 8.08. The maximum Gasteiger partial charge on any atom is 0.314 e. The van der Waals surface area contributed by atoms with Crippen LogP contribution in [0.3, 0.4) is 0 Å². The molecule has 1 aromatic rings. The quantitative estimate of drug-likeness (QED) is 0.852. The smallest absolute Gasteiger partial charge is 0.314 e. The summed E-state index contributed by atoms with van der Waals surface area (Å²) in [4.78, 5) is 12.1. The van der Waals surface area contributed by atoms with Gasteiger partial charge in [-0.05, 0) is 37.1 Å². The maximum atomic E-state index is 12.1. The van der Waals surface area contributed by atoms with E-state index in [1.807, 2.05) is 6.07 Å². The van der Waals surface area contributed by atoms with E-state index < -0.39 is 0 Å². The number of halogens is 3. The van der Waals surface area contributed by atoms with Crippen molar-refractivity contribution in [2.75, 3.05) is 13.7 Å². The lowest BCUT2D eigenvalue weighted by molar-refractivity contribution is -0.143. The molecule has 0 radical (unpaired) electrons. The van der Waals surface area contributed by atoms with Crippen LogP contribution in [0.25, 0.3) is 0 Å². The van der Waals surface area contributed by atoms with Crippen LogP contribution in [0.5, 0.6) is 0 Å². The lowest BCUT2D eigenvalue weighted by Crippen LogP contribution is -2.42. The van der Waals surface area contributed by atoms with Gasteiger partial charge in [-0.2, -0.15) is 0 Å². The SMILES string of the molecule is COC(=O)[C@H](c1ccc(Cl)c(Cl)c1)[C@@H]1CCCCN1.Cl. The molecule has 1 aliphatic heterocycles. The van der Waals surface area contributed by atoms with Gasteiger partial charge in [-0.1, -0.05) is 35.7 Å². The lowest BCUT2D eigenvalue weighted by Gasteiger charge is -2.30. The highest BCUT2D eigenvalue weighted by Gasteiger charge is 2.31. The Morgan fingerprint density at radius 3 is 2.65 bits per heavy atom. The highest BCUT2D eigenvalue weighted by molar-refractivity contribution is 6.42. The summed E-state index contributed by atoms with van der Waals surface area (Å²) >= 11 is 12.0. The van der Waals surface area contributed by atoms with Crippen LogP contribution in [0.4, 0.5) is 0 Å². The third-order valence-corrected chi connectivity index (χ3v) is 4.25. The van der Waals surface area contributed by atoms with E-state index in [9.17, 15) is 4.79 Å². The molecular weight excluding hydrogens is 321 g/mol. The number of hydrogen-bond donors (Lipinski definition) is 1. The van der Waals surface area contributed by atoms with Gasteiger partial charge in [0.2, 0.25) is 0 Å². The first kappa shape index (κ1) is 17.6. The number of nitrogens with one attached hydrogen (secondary N) is 1. The molecule has 0 aromatic heterocycles. The zero-order valence-electron chi connectivity index (χ0n) is 11.2. The Balaban J connectivity index is 0.00000200. The molecule has 0 unspecified atom stereocenters. The van der Waals surface area contributed by atoms with Gasteiger partial charge in [-0.15, -0.1) is 12.4 Å². The van der Waals surface area contributed by atoms with Crippen molar-refractivity contribution in [1.82, 2.24) is 5.32 Å². The van der Waals surface area contributed by atoms with Crippen LogP contribution in [-0.2, 0) is 9.53 Å². The van der Waals surface area contributed by atoms with Gasteiger partial charge in [-0.3, -0.25) is 4.79 Å². The first-order valence-corrected chi connectivity index (χ1v) is 7.15. The number of carbonyl (C=O) groups excluding carboxylic acids is 1. The third kappa shape index (κ3) is 4.01. The number of methoxy groups -OCH3 is 1. The minimum Gasteiger partial charge on any atom is -0.469 e. The molecule has 1 heterocycles.